The van der Waals surface area contributed by atoms with Gasteiger partial charge in [0.1, 0.15) is 11.5 Å². The predicted molar refractivity (Wildman–Crippen MR) is 97.4 cm³/mol. The number of hydrogen-bond acceptors (Lipinski definition) is 2. The number of amides is 1. The van der Waals surface area contributed by atoms with Crippen LogP contribution in [0.25, 0.3) is 0 Å². The van der Waals surface area contributed by atoms with Crippen molar-refractivity contribution in [2.24, 2.45) is 0 Å². The van der Waals surface area contributed by atoms with Gasteiger partial charge in [0.25, 0.3) is 5.91 Å². The summed E-state index contributed by atoms with van der Waals surface area (Å²) in [6.07, 6.45) is 0. The molecule has 3 aromatic rings. The summed E-state index contributed by atoms with van der Waals surface area (Å²) in [5, 5.41) is 3.49. The Labute approximate surface area is 149 Å². The number of carbonyl (C=O) groups is 1. The van der Waals surface area contributed by atoms with Crippen molar-refractivity contribution in [2.75, 3.05) is 5.32 Å². The SMILES string of the molecule is O=C(Nc1c(Cl)cccc1Cl)c1cccc(Oc2ccccc2)c1. The molecule has 0 fully saturated rings. The van der Waals surface area contributed by atoms with Gasteiger partial charge in [-0.05, 0) is 42.5 Å². The molecule has 0 saturated carbocycles. The summed E-state index contributed by atoms with van der Waals surface area (Å²) in [5.74, 6) is 0.951. The lowest BCUT2D eigenvalue weighted by atomic mass is 10.2. The lowest BCUT2D eigenvalue weighted by Crippen LogP contribution is -2.12. The number of hydrogen-bond donors (Lipinski definition) is 1. The number of halogens is 2. The number of ether oxygens (including phenoxy) is 1. The molecule has 0 aliphatic heterocycles. The van der Waals surface area contributed by atoms with E-state index >= 15 is 0 Å². The Kier molecular flexibility index (Phi) is 5.04. The van der Waals surface area contributed by atoms with Gasteiger partial charge in [0.2, 0.25) is 0 Å². The molecule has 0 atom stereocenters. The monoisotopic (exact) mass is 357 g/mol. The van der Waals surface area contributed by atoms with Crippen molar-refractivity contribution in [3.63, 3.8) is 0 Å². The third kappa shape index (κ3) is 3.88. The van der Waals surface area contributed by atoms with Crippen LogP contribution in [0.5, 0.6) is 11.5 Å². The Hall–Kier alpha value is -2.49. The van der Waals surface area contributed by atoms with Gasteiger partial charge in [-0.3, -0.25) is 4.79 Å². The van der Waals surface area contributed by atoms with E-state index in [1.54, 1.807) is 42.5 Å². The topological polar surface area (TPSA) is 38.3 Å². The standard InChI is InChI=1S/C19H13Cl2NO2/c20-16-10-5-11-17(21)18(16)22-19(23)13-6-4-9-15(12-13)24-14-7-2-1-3-8-14/h1-12H,(H,22,23). The highest BCUT2D eigenvalue weighted by atomic mass is 35.5. The van der Waals surface area contributed by atoms with Crippen LogP contribution < -0.4 is 10.1 Å². The molecule has 0 aliphatic rings. The number of rotatable bonds is 4. The van der Waals surface area contributed by atoms with Crippen molar-refractivity contribution in [1.29, 1.82) is 0 Å². The maximum Gasteiger partial charge on any atom is 0.255 e. The second-order valence-corrected chi connectivity index (χ2v) is 5.81. The minimum Gasteiger partial charge on any atom is -0.457 e. The van der Waals surface area contributed by atoms with E-state index < -0.39 is 0 Å². The molecule has 0 saturated heterocycles. The second kappa shape index (κ2) is 7.39. The fraction of sp³-hybridized carbons (Fsp3) is 0. The van der Waals surface area contributed by atoms with E-state index in [1.165, 1.54) is 0 Å². The number of nitrogens with one attached hydrogen (secondary N) is 1. The highest BCUT2D eigenvalue weighted by Gasteiger charge is 2.12. The largest absolute Gasteiger partial charge is 0.457 e. The maximum atomic E-state index is 12.4. The first-order valence-corrected chi connectivity index (χ1v) is 7.97. The van der Waals surface area contributed by atoms with Crippen LogP contribution in [0.1, 0.15) is 10.4 Å². The fourth-order valence-corrected chi connectivity index (χ4v) is 2.62. The third-order valence-corrected chi connectivity index (χ3v) is 3.91. The lowest BCUT2D eigenvalue weighted by molar-refractivity contribution is 0.102. The van der Waals surface area contributed by atoms with E-state index in [4.69, 9.17) is 27.9 Å². The van der Waals surface area contributed by atoms with Crippen LogP contribution in [0, 0.1) is 0 Å². The zero-order valence-electron chi connectivity index (χ0n) is 12.5. The summed E-state index contributed by atoms with van der Waals surface area (Å²) in [6, 6.07) is 21.3. The summed E-state index contributed by atoms with van der Waals surface area (Å²) in [6.45, 7) is 0. The van der Waals surface area contributed by atoms with Crippen molar-refractivity contribution >= 4 is 34.8 Å². The molecule has 3 rings (SSSR count). The normalized spacial score (nSPS) is 10.2. The van der Waals surface area contributed by atoms with Gasteiger partial charge < -0.3 is 10.1 Å². The Morgan fingerprint density at radius 2 is 1.42 bits per heavy atom. The molecule has 0 aromatic heterocycles. The highest BCUT2D eigenvalue weighted by Crippen LogP contribution is 2.30. The molecule has 3 aromatic carbocycles. The Morgan fingerprint density at radius 1 is 0.792 bits per heavy atom. The summed E-state index contributed by atoms with van der Waals surface area (Å²) < 4.78 is 5.73. The van der Waals surface area contributed by atoms with E-state index in [0.717, 1.165) is 0 Å². The number of benzene rings is 3. The molecule has 5 heteroatoms. The zero-order chi connectivity index (χ0) is 16.9. The summed E-state index contributed by atoms with van der Waals surface area (Å²) >= 11 is 12.2. The molecule has 3 nitrogen and oxygen atoms in total. The molecule has 120 valence electrons. The summed E-state index contributed by atoms with van der Waals surface area (Å²) in [7, 11) is 0. The van der Waals surface area contributed by atoms with Gasteiger partial charge in [-0.15, -0.1) is 0 Å². The zero-order valence-corrected chi connectivity index (χ0v) is 14.0. The first kappa shape index (κ1) is 16.4. The summed E-state index contributed by atoms with van der Waals surface area (Å²) in [5.41, 5.74) is 0.833. The van der Waals surface area contributed by atoms with Gasteiger partial charge in [0.05, 0.1) is 15.7 Å². The first-order chi connectivity index (χ1) is 11.6. The van der Waals surface area contributed by atoms with Crippen molar-refractivity contribution in [3.05, 3.63) is 88.4 Å². The van der Waals surface area contributed by atoms with Crippen LogP contribution in [-0.2, 0) is 0 Å². The Balaban J connectivity index is 1.80. The molecular formula is C19H13Cl2NO2. The van der Waals surface area contributed by atoms with Gasteiger partial charge in [0.15, 0.2) is 0 Å². The third-order valence-electron chi connectivity index (χ3n) is 3.28. The van der Waals surface area contributed by atoms with E-state index in [9.17, 15) is 4.79 Å². The van der Waals surface area contributed by atoms with E-state index in [1.807, 2.05) is 30.3 Å². The van der Waals surface area contributed by atoms with Gasteiger partial charge in [-0.1, -0.05) is 53.5 Å². The molecular weight excluding hydrogens is 345 g/mol. The highest BCUT2D eigenvalue weighted by molar-refractivity contribution is 6.40. The smallest absolute Gasteiger partial charge is 0.255 e. The van der Waals surface area contributed by atoms with Crippen LogP contribution in [0.2, 0.25) is 10.0 Å². The molecule has 0 heterocycles. The van der Waals surface area contributed by atoms with E-state index in [0.29, 0.717) is 32.8 Å². The van der Waals surface area contributed by atoms with Crippen molar-refractivity contribution < 1.29 is 9.53 Å². The fourth-order valence-electron chi connectivity index (χ4n) is 2.13. The summed E-state index contributed by atoms with van der Waals surface area (Å²) in [4.78, 5) is 12.4. The minimum absolute atomic E-state index is 0.316. The lowest BCUT2D eigenvalue weighted by Gasteiger charge is -2.10. The number of carbonyl (C=O) groups excluding carboxylic acids is 1. The Bertz CT molecular complexity index is 846. The molecule has 0 radical (unpaired) electrons. The molecule has 24 heavy (non-hydrogen) atoms. The van der Waals surface area contributed by atoms with Crippen molar-refractivity contribution in [3.8, 4) is 11.5 Å². The van der Waals surface area contributed by atoms with Crippen molar-refractivity contribution in [1.82, 2.24) is 0 Å². The Morgan fingerprint density at radius 3 is 2.12 bits per heavy atom. The second-order valence-electron chi connectivity index (χ2n) is 4.99. The molecule has 0 unspecified atom stereocenters. The first-order valence-electron chi connectivity index (χ1n) is 7.22. The quantitative estimate of drug-likeness (QED) is 0.618. The van der Waals surface area contributed by atoms with Gasteiger partial charge in [0, 0.05) is 5.56 Å². The van der Waals surface area contributed by atoms with Crippen LogP contribution in [0.4, 0.5) is 5.69 Å². The predicted octanol–water partition coefficient (Wildman–Crippen LogP) is 6.04. The molecule has 0 aliphatic carbocycles. The van der Waals surface area contributed by atoms with Gasteiger partial charge in [-0.2, -0.15) is 0 Å². The number of anilines is 1. The number of para-hydroxylation sites is 2. The molecule has 1 amide bonds. The maximum absolute atomic E-state index is 12.4. The van der Waals surface area contributed by atoms with Gasteiger partial charge >= 0.3 is 0 Å². The van der Waals surface area contributed by atoms with Crippen molar-refractivity contribution in [2.45, 2.75) is 0 Å². The molecule has 0 spiro atoms. The van der Waals surface area contributed by atoms with E-state index in [2.05, 4.69) is 5.32 Å². The van der Waals surface area contributed by atoms with Crippen LogP contribution in [0.3, 0.4) is 0 Å². The van der Waals surface area contributed by atoms with Crippen LogP contribution >= 0.6 is 23.2 Å². The average molecular weight is 358 g/mol. The minimum atomic E-state index is -0.316. The average Bonchev–Trinajstić information content (AvgIpc) is 2.59. The molecule has 0 bridgehead atoms. The van der Waals surface area contributed by atoms with E-state index in [-0.39, 0.29) is 5.91 Å². The molecule has 1 N–H and O–H groups in total. The van der Waals surface area contributed by atoms with Crippen LogP contribution in [0.15, 0.2) is 72.8 Å². The van der Waals surface area contributed by atoms with Crippen LogP contribution in [-0.4, -0.2) is 5.91 Å². The van der Waals surface area contributed by atoms with Gasteiger partial charge in [-0.25, -0.2) is 0 Å².